The van der Waals surface area contributed by atoms with Crippen LogP contribution in [0, 0.1) is 6.92 Å². The molecular formula is C23H29N5O2S. The first kappa shape index (κ1) is 21.7. The van der Waals surface area contributed by atoms with Crippen LogP contribution in [0.2, 0.25) is 0 Å². The van der Waals surface area contributed by atoms with Crippen LogP contribution in [0.25, 0.3) is 4.96 Å². The second-order valence-electron chi connectivity index (χ2n) is 8.22. The Balaban J connectivity index is 1.30. The number of nitrogens with zero attached hydrogens (tertiary/aromatic N) is 4. The van der Waals surface area contributed by atoms with E-state index in [1.165, 1.54) is 16.9 Å². The Morgan fingerprint density at radius 3 is 2.68 bits per heavy atom. The number of hydrogen-bond donors (Lipinski definition) is 1. The highest BCUT2D eigenvalue weighted by Gasteiger charge is 2.27. The number of hydrogen-bond acceptors (Lipinski definition) is 6. The molecule has 1 aliphatic rings. The lowest BCUT2D eigenvalue weighted by atomic mass is 10.0. The van der Waals surface area contributed by atoms with Gasteiger partial charge in [0.2, 0.25) is 5.91 Å². The number of benzene rings is 1. The minimum Gasteiger partial charge on any atom is -0.348 e. The van der Waals surface area contributed by atoms with Gasteiger partial charge in [-0.3, -0.25) is 23.8 Å². The minimum atomic E-state index is -0.182. The zero-order valence-corrected chi connectivity index (χ0v) is 19.1. The molecule has 0 aliphatic carbocycles. The van der Waals surface area contributed by atoms with E-state index in [9.17, 15) is 9.59 Å². The molecule has 0 saturated carbocycles. The van der Waals surface area contributed by atoms with E-state index in [-0.39, 0.29) is 23.6 Å². The van der Waals surface area contributed by atoms with Crippen molar-refractivity contribution in [1.82, 2.24) is 24.5 Å². The SMILES string of the molecule is Cc1ccccc1C(C)NC(=O)C(C)N1CCN(Cc2cc(=O)n3ccsc3n2)CC1. The monoisotopic (exact) mass is 439 g/mol. The van der Waals surface area contributed by atoms with Gasteiger partial charge < -0.3 is 5.32 Å². The molecule has 164 valence electrons. The topological polar surface area (TPSA) is 70.0 Å². The summed E-state index contributed by atoms with van der Waals surface area (Å²) in [5, 5.41) is 5.04. The Bertz CT molecular complexity index is 1120. The van der Waals surface area contributed by atoms with Crippen molar-refractivity contribution < 1.29 is 4.79 Å². The van der Waals surface area contributed by atoms with Gasteiger partial charge in [0.25, 0.3) is 5.56 Å². The summed E-state index contributed by atoms with van der Waals surface area (Å²) < 4.78 is 1.57. The van der Waals surface area contributed by atoms with Gasteiger partial charge in [-0.05, 0) is 31.9 Å². The first-order valence-electron chi connectivity index (χ1n) is 10.7. The average Bonchev–Trinajstić information content (AvgIpc) is 3.23. The fraction of sp³-hybridized carbons (Fsp3) is 0.435. The number of aromatic nitrogens is 2. The van der Waals surface area contributed by atoms with Crippen molar-refractivity contribution >= 4 is 22.2 Å². The highest BCUT2D eigenvalue weighted by atomic mass is 32.1. The maximum absolute atomic E-state index is 12.8. The number of carbonyl (C=O) groups excluding carboxylic acids is 1. The van der Waals surface area contributed by atoms with Crippen molar-refractivity contribution in [2.75, 3.05) is 26.2 Å². The molecule has 2 unspecified atom stereocenters. The van der Waals surface area contributed by atoms with E-state index in [0.29, 0.717) is 6.54 Å². The third kappa shape index (κ3) is 4.87. The van der Waals surface area contributed by atoms with E-state index < -0.39 is 0 Å². The number of thiazole rings is 1. The molecule has 1 aromatic carbocycles. The van der Waals surface area contributed by atoms with Gasteiger partial charge in [0, 0.05) is 50.4 Å². The summed E-state index contributed by atoms with van der Waals surface area (Å²) in [5.74, 6) is 0.0574. The van der Waals surface area contributed by atoms with Crippen LogP contribution in [0.5, 0.6) is 0 Å². The Hall–Kier alpha value is -2.55. The Labute approximate surface area is 186 Å². The second kappa shape index (κ2) is 9.30. The van der Waals surface area contributed by atoms with Crippen molar-refractivity contribution in [2.45, 2.75) is 39.4 Å². The summed E-state index contributed by atoms with van der Waals surface area (Å²) in [6.07, 6.45) is 1.75. The molecular weight excluding hydrogens is 410 g/mol. The molecule has 1 N–H and O–H groups in total. The van der Waals surface area contributed by atoms with E-state index in [1.807, 2.05) is 31.4 Å². The summed E-state index contributed by atoms with van der Waals surface area (Å²) in [7, 11) is 0. The standard InChI is InChI=1S/C23H29N5O2S/c1-16-6-4-5-7-20(16)17(2)24-22(30)18(3)27-10-8-26(9-11-27)15-19-14-21(29)28-12-13-31-23(28)25-19/h4-7,12-14,17-18H,8-11,15H2,1-3H3,(H,24,30). The van der Waals surface area contributed by atoms with Gasteiger partial charge in [0.05, 0.1) is 17.8 Å². The molecule has 1 saturated heterocycles. The molecule has 0 spiro atoms. The van der Waals surface area contributed by atoms with Crippen LogP contribution < -0.4 is 10.9 Å². The van der Waals surface area contributed by atoms with Crippen molar-refractivity contribution in [2.24, 2.45) is 0 Å². The van der Waals surface area contributed by atoms with E-state index in [1.54, 1.807) is 16.7 Å². The van der Waals surface area contributed by atoms with Crippen molar-refractivity contribution in [1.29, 1.82) is 0 Å². The second-order valence-corrected chi connectivity index (χ2v) is 9.09. The number of fused-ring (bicyclic) bond motifs is 1. The molecule has 2 aromatic heterocycles. The molecule has 7 nitrogen and oxygen atoms in total. The van der Waals surface area contributed by atoms with Crippen LogP contribution in [-0.2, 0) is 11.3 Å². The van der Waals surface area contributed by atoms with E-state index >= 15 is 0 Å². The van der Waals surface area contributed by atoms with Gasteiger partial charge in [-0.25, -0.2) is 4.98 Å². The summed E-state index contributed by atoms with van der Waals surface area (Å²) >= 11 is 1.47. The molecule has 0 radical (unpaired) electrons. The predicted molar refractivity (Wildman–Crippen MR) is 123 cm³/mol. The highest BCUT2D eigenvalue weighted by Crippen LogP contribution is 2.18. The molecule has 31 heavy (non-hydrogen) atoms. The van der Waals surface area contributed by atoms with Crippen LogP contribution >= 0.6 is 11.3 Å². The first-order valence-corrected chi connectivity index (χ1v) is 11.6. The van der Waals surface area contributed by atoms with E-state index in [2.05, 4.69) is 39.2 Å². The Morgan fingerprint density at radius 1 is 1.19 bits per heavy atom. The fourth-order valence-corrected chi connectivity index (χ4v) is 4.90. The summed E-state index contributed by atoms with van der Waals surface area (Å²) in [6.45, 7) is 10.0. The van der Waals surface area contributed by atoms with Gasteiger partial charge in [0.15, 0.2) is 4.96 Å². The summed E-state index contributed by atoms with van der Waals surface area (Å²) in [6, 6.07) is 9.58. The Kier molecular flexibility index (Phi) is 6.50. The number of carbonyl (C=O) groups is 1. The smallest absolute Gasteiger partial charge is 0.258 e. The average molecular weight is 440 g/mol. The Morgan fingerprint density at radius 2 is 1.94 bits per heavy atom. The lowest BCUT2D eigenvalue weighted by molar-refractivity contribution is -0.127. The zero-order chi connectivity index (χ0) is 22.0. The molecule has 3 heterocycles. The minimum absolute atomic E-state index is 0.0187. The van der Waals surface area contributed by atoms with Crippen molar-refractivity contribution in [3.05, 3.63) is 69.1 Å². The highest BCUT2D eigenvalue weighted by molar-refractivity contribution is 7.15. The van der Waals surface area contributed by atoms with Crippen molar-refractivity contribution in [3.63, 3.8) is 0 Å². The number of nitrogens with one attached hydrogen (secondary N) is 1. The fourth-order valence-electron chi connectivity index (χ4n) is 4.16. The van der Waals surface area contributed by atoms with Gasteiger partial charge >= 0.3 is 0 Å². The van der Waals surface area contributed by atoms with Crippen LogP contribution in [-0.4, -0.2) is 57.3 Å². The zero-order valence-electron chi connectivity index (χ0n) is 18.2. The molecule has 1 amide bonds. The first-order chi connectivity index (χ1) is 14.9. The predicted octanol–water partition coefficient (Wildman–Crippen LogP) is 2.45. The van der Waals surface area contributed by atoms with E-state index in [4.69, 9.17) is 0 Å². The number of rotatable bonds is 6. The maximum Gasteiger partial charge on any atom is 0.258 e. The molecule has 1 aliphatic heterocycles. The van der Waals surface area contributed by atoms with Gasteiger partial charge in [-0.15, -0.1) is 11.3 Å². The molecule has 4 rings (SSSR count). The normalized spacial score (nSPS) is 17.5. The number of piperazine rings is 1. The van der Waals surface area contributed by atoms with Gasteiger partial charge in [-0.2, -0.15) is 0 Å². The van der Waals surface area contributed by atoms with Crippen LogP contribution in [0.1, 0.15) is 36.7 Å². The lowest BCUT2D eigenvalue weighted by Gasteiger charge is -2.37. The molecule has 8 heteroatoms. The van der Waals surface area contributed by atoms with Crippen molar-refractivity contribution in [3.8, 4) is 0 Å². The van der Waals surface area contributed by atoms with Gasteiger partial charge in [-0.1, -0.05) is 24.3 Å². The third-order valence-electron chi connectivity index (χ3n) is 6.09. The lowest BCUT2D eigenvalue weighted by Crippen LogP contribution is -2.53. The molecule has 0 bridgehead atoms. The van der Waals surface area contributed by atoms with Crippen LogP contribution in [0.3, 0.4) is 0 Å². The number of amides is 1. The third-order valence-corrected chi connectivity index (χ3v) is 6.85. The van der Waals surface area contributed by atoms with Crippen LogP contribution in [0.4, 0.5) is 0 Å². The summed E-state index contributed by atoms with van der Waals surface area (Å²) in [5.41, 5.74) is 3.11. The molecule has 3 aromatic rings. The van der Waals surface area contributed by atoms with Gasteiger partial charge in [0.1, 0.15) is 0 Å². The maximum atomic E-state index is 12.8. The van der Waals surface area contributed by atoms with Crippen LogP contribution in [0.15, 0.2) is 46.7 Å². The quantitative estimate of drug-likeness (QED) is 0.639. The largest absolute Gasteiger partial charge is 0.348 e. The number of aryl methyl sites for hydroxylation is 1. The molecule has 2 atom stereocenters. The van der Waals surface area contributed by atoms with E-state index in [0.717, 1.165) is 42.4 Å². The molecule has 1 fully saturated rings. The summed E-state index contributed by atoms with van der Waals surface area (Å²) in [4.78, 5) is 34.9.